The van der Waals surface area contributed by atoms with Gasteiger partial charge in [-0.15, -0.1) is 0 Å². The summed E-state index contributed by atoms with van der Waals surface area (Å²) in [5.41, 5.74) is 2.12. The minimum atomic E-state index is -0.403. The lowest BCUT2D eigenvalue weighted by Gasteiger charge is -2.28. The predicted molar refractivity (Wildman–Crippen MR) is 103 cm³/mol. The number of esters is 1. The van der Waals surface area contributed by atoms with Crippen LogP contribution in [0.2, 0.25) is 0 Å². The van der Waals surface area contributed by atoms with Gasteiger partial charge in [0.2, 0.25) is 0 Å². The second kappa shape index (κ2) is 9.23. The van der Waals surface area contributed by atoms with E-state index in [1.54, 1.807) is 13.2 Å². The molecule has 0 saturated carbocycles. The number of carbonyl (C=O) groups is 2. The van der Waals surface area contributed by atoms with Gasteiger partial charge in [-0.2, -0.15) is 0 Å². The molecule has 0 saturated heterocycles. The van der Waals surface area contributed by atoms with Crippen LogP contribution in [0.25, 0.3) is 0 Å². The van der Waals surface area contributed by atoms with E-state index in [-0.39, 0.29) is 24.7 Å². The molecule has 0 fully saturated rings. The number of benzene rings is 1. The first-order chi connectivity index (χ1) is 13.6. The zero-order chi connectivity index (χ0) is 19.9. The van der Waals surface area contributed by atoms with E-state index >= 15 is 0 Å². The molecule has 7 heteroatoms. The molecule has 3 rings (SSSR count). The number of amides is 2. The molecule has 1 aliphatic heterocycles. The molecule has 0 spiro atoms. The molecule has 1 aromatic carbocycles. The van der Waals surface area contributed by atoms with E-state index < -0.39 is 5.97 Å². The van der Waals surface area contributed by atoms with Gasteiger partial charge < -0.3 is 25.1 Å². The fourth-order valence-corrected chi connectivity index (χ4v) is 3.40. The Morgan fingerprint density at radius 2 is 2.00 bits per heavy atom. The highest BCUT2D eigenvalue weighted by molar-refractivity contribution is 5.94. The first-order valence-electron chi connectivity index (χ1n) is 9.53. The number of carbonyl (C=O) groups excluding carboxylic acids is 2. The lowest BCUT2D eigenvalue weighted by molar-refractivity contribution is -0.682. The number of hydrogen-bond acceptors (Lipinski definition) is 4. The third-order valence-corrected chi connectivity index (χ3v) is 4.71. The lowest BCUT2D eigenvalue weighted by Crippen LogP contribution is -2.86. The summed E-state index contributed by atoms with van der Waals surface area (Å²) < 4.78 is 10.8. The van der Waals surface area contributed by atoms with Gasteiger partial charge in [0.15, 0.2) is 11.8 Å². The third kappa shape index (κ3) is 4.43. The number of ether oxygens (including phenoxy) is 1. The highest BCUT2D eigenvalue weighted by Crippen LogP contribution is 2.20. The minimum Gasteiger partial charge on any atom is -0.463 e. The standard InChI is InChI=1S/C21H25N3O4/c1-3-15-18(20(25)27-4-2)16(24-21(26)23-15)13-22-19(17-11-8-12-28-17)14-9-6-5-7-10-14/h5-12,15,19,22H,3-4,13H2,1-2H3,(H2,23,24,26)/p+1/t15-,19-/m1/s1. The predicted octanol–water partition coefficient (Wildman–Crippen LogP) is 1.84. The van der Waals surface area contributed by atoms with E-state index in [0.717, 1.165) is 11.3 Å². The van der Waals surface area contributed by atoms with Gasteiger partial charge in [-0.3, -0.25) is 0 Å². The van der Waals surface area contributed by atoms with E-state index in [1.807, 2.05) is 54.7 Å². The number of hydrogen-bond donors (Lipinski definition) is 3. The van der Waals surface area contributed by atoms with Gasteiger partial charge in [0, 0.05) is 5.56 Å². The van der Waals surface area contributed by atoms with Gasteiger partial charge in [0.25, 0.3) is 0 Å². The Morgan fingerprint density at radius 3 is 2.64 bits per heavy atom. The molecule has 148 valence electrons. The van der Waals surface area contributed by atoms with Crippen LogP contribution in [0, 0.1) is 0 Å². The summed E-state index contributed by atoms with van der Waals surface area (Å²) in [6, 6.07) is 13.0. The minimum absolute atomic E-state index is 0.0981. The number of nitrogens with two attached hydrogens (primary N) is 1. The van der Waals surface area contributed by atoms with Crippen LogP contribution in [-0.2, 0) is 9.53 Å². The Labute approximate surface area is 164 Å². The van der Waals surface area contributed by atoms with Crippen molar-refractivity contribution in [1.29, 1.82) is 0 Å². The van der Waals surface area contributed by atoms with Crippen molar-refractivity contribution in [3.05, 3.63) is 71.3 Å². The van der Waals surface area contributed by atoms with Crippen LogP contribution in [0.3, 0.4) is 0 Å². The summed E-state index contributed by atoms with van der Waals surface area (Å²) in [5, 5.41) is 7.62. The summed E-state index contributed by atoms with van der Waals surface area (Å²) in [7, 11) is 0. The fourth-order valence-electron chi connectivity index (χ4n) is 3.40. The summed E-state index contributed by atoms with van der Waals surface area (Å²) in [6.45, 7) is 4.37. The van der Waals surface area contributed by atoms with Crippen molar-refractivity contribution in [2.24, 2.45) is 0 Å². The molecule has 28 heavy (non-hydrogen) atoms. The molecule has 1 aromatic heterocycles. The fraction of sp³-hybridized carbons (Fsp3) is 0.333. The van der Waals surface area contributed by atoms with Gasteiger partial charge in [-0.1, -0.05) is 37.3 Å². The average molecular weight is 384 g/mol. The normalized spacial score (nSPS) is 17.6. The molecule has 0 aliphatic carbocycles. The maximum atomic E-state index is 12.5. The first kappa shape index (κ1) is 19.7. The second-order valence-corrected chi connectivity index (χ2v) is 6.52. The molecular formula is C21H26N3O4+. The Bertz CT molecular complexity index is 831. The molecule has 2 heterocycles. The largest absolute Gasteiger partial charge is 0.463 e. The molecule has 0 bridgehead atoms. The van der Waals surface area contributed by atoms with Crippen molar-refractivity contribution in [2.75, 3.05) is 13.2 Å². The van der Waals surface area contributed by atoms with Crippen LogP contribution in [-0.4, -0.2) is 31.2 Å². The van der Waals surface area contributed by atoms with Crippen LogP contribution in [0.4, 0.5) is 4.79 Å². The molecule has 2 aromatic rings. The Balaban J connectivity index is 1.89. The average Bonchev–Trinajstić information content (AvgIpc) is 3.23. The van der Waals surface area contributed by atoms with Crippen molar-refractivity contribution in [3.63, 3.8) is 0 Å². The molecule has 1 aliphatic rings. The monoisotopic (exact) mass is 384 g/mol. The third-order valence-electron chi connectivity index (χ3n) is 4.71. The van der Waals surface area contributed by atoms with Gasteiger partial charge in [0.05, 0.1) is 30.2 Å². The SMILES string of the molecule is CCOC(=O)C1=C(C[NH2+][C@H](c2ccccc2)c2ccco2)NC(=O)N[C@@H]1CC. The van der Waals surface area contributed by atoms with Crippen molar-refractivity contribution in [2.45, 2.75) is 32.4 Å². The van der Waals surface area contributed by atoms with Gasteiger partial charge >= 0.3 is 12.0 Å². The Kier molecular flexibility index (Phi) is 6.49. The zero-order valence-electron chi connectivity index (χ0n) is 16.1. The number of rotatable bonds is 8. The second-order valence-electron chi connectivity index (χ2n) is 6.52. The topological polar surface area (TPSA) is 97.2 Å². The summed E-state index contributed by atoms with van der Waals surface area (Å²) >= 11 is 0. The van der Waals surface area contributed by atoms with Crippen LogP contribution >= 0.6 is 0 Å². The lowest BCUT2D eigenvalue weighted by atomic mass is 9.99. The summed E-state index contributed by atoms with van der Waals surface area (Å²) in [4.78, 5) is 24.6. The van der Waals surface area contributed by atoms with Gasteiger partial charge in [-0.25, -0.2) is 9.59 Å². The number of urea groups is 1. The maximum Gasteiger partial charge on any atom is 0.338 e. The van der Waals surface area contributed by atoms with E-state index in [1.165, 1.54) is 0 Å². The van der Waals surface area contributed by atoms with Gasteiger partial charge in [0.1, 0.15) is 6.54 Å². The molecule has 2 amide bonds. The molecule has 0 radical (unpaired) electrons. The van der Waals surface area contributed by atoms with E-state index in [0.29, 0.717) is 24.2 Å². The van der Waals surface area contributed by atoms with Crippen LogP contribution in [0.15, 0.2) is 64.4 Å². The quantitative estimate of drug-likeness (QED) is 0.605. The zero-order valence-corrected chi connectivity index (χ0v) is 16.1. The molecule has 2 atom stereocenters. The van der Waals surface area contributed by atoms with Crippen molar-refractivity contribution in [1.82, 2.24) is 10.6 Å². The number of nitrogens with one attached hydrogen (secondary N) is 2. The van der Waals surface area contributed by atoms with Crippen LogP contribution in [0.5, 0.6) is 0 Å². The first-order valence-corrected chi connectivity index (χ1v) is 9.53. The van der Waals surface area contributed by atoms with Crippen molar-refractivity contribution in [3.8, 4) is 0 Å². The maximum absolute atomic E-state index is 12.5. The van der Waals surface area contributed by atoms with Gasteiger partial charge in [-0.05, 0) is 25.5 Å². The highest BCUT2D eigenvalue weighted by Gasteiger charge is 2.33. The molecular weight excluding hydrogens is 358 g/mol. The molecule has 4 N–H and O–H groups in total. The molecule has 7 nitrogen and oxygen atoms in total. The van der Waals surface area contributed by atoms with Crippen LogP contribution < -0.4 is 16.0 Å². The van der Waals surface area contributed by atoms with E-state index in [9.17, 15) is 9.59 Å². The number of furan rings is 1. The van der Waals surface area contributed by atoms with Crippen LogP contribution in [0.1, 0.15) is 37.6 Å². The summed E-state index contributed by atoms with van der Waals surface area (Å²) in [6.07, 6.45) is 2.24. The van der Waals surface area contributed by atoms with Crippen molar-refractivity contribution >= 4 is 12.0 Å². The number of quaternary nitrogens is 1. The van der Waals surface area contributed by atoms with Crippen molar-refractivity contribution < 1.29 is 24.1 Å². The Morgan fingerprint density at radius 1 is 1.21 bits per heavy atom. The Hall–Kier alpha value is -3.06. The highest BCUT2D eigenvalue weighted by atomic mass is 16.5. The van der Waals surface area contributed by atoms with E-state index in [4.69, 9.17) is 9.15 Å². The smallest absolute Gasteiger partial charge is 0.338 e. The van der Waals surface area contributed by atoms with E-state index in [2.05, 4.69) is 10.6 Å². The molecule has 0 unspecified atom stereocenters. The summed E-state index contributed by atoms with van der Waals surface area (Å²) in [5.74, 6) is 0.399.